The summed E-state index contributed by atoms with van der Waals surface area (Å²) < 4.78 is 22.0. The smallest absolute Gasteiger partial charge is 0.341 e. The maximum atomic E-state index is 12.6. The Morgan fingerprint density at radius 2 is 1.92 bits per heavy atom. The molecule has 0 spiro atoms. The van der Waals surface area contributed by atoms with Gasteiger partial charge in [-0.25, -0.2) is 4.79 Å². The van der Waals surface area contributed by atoms with Crippen molar-refractivity contribution in [1.29, 1.82) is 0 Å². The van der Waals surface area contributed by atoms with E-state index in [0.717, 1.165) is 0 Å². The molecule has 0 aromatic carbocycles. The van der Waals surface area contributed by atoms with Crippen LogP contribution in [0.2, 0.25) is 0 Å². The number of aliphatic hydroxyl groups is 5. The van der Waals surface area contributed by atoms with Crippen LogP contribution >= 0.6 is 0 Å². The van der Waals surface area contributed by atoms with Crippen molar-refractivity contribution in [3.05, 3.63) is 0 Å². The van der Waals surface area contributed by atoms with Crippen LogP contribution in [0.5, 0.6) is 0 Å². The van der Waals surface area contributed by atoms with E-state index < -0.39 is 66.5 Å². The van der Waals surface area contributed by atoms with Gasteiger partial charge in [-0.2, -0.15) is 0 Å². The maximum Gasteiger partial charge on any atom is 0.341 e. The zero-order valence-corrected chi connectivity index (χ0v) is 14.2. The molecule has 1 aliphatic carbocycles. The molecule has 10 unspecified atom stereocenters. The minimum Gasteiger partial charge on any atom is -0.460 e. The molecule has 10 nitrogen and oxygen atoms in total. The lowest BCUT2D eigenvalue weighted by Gasteiger charge is -2.48. The van der Waals surface area contributed by atoms with Gasteiger partial charge in [-0.1, -0.05) is 6.92 Å². The second kappa shape index (κ2) is 6.08. The van der Waals surface area contributed by atoms with Crippen molar-refractivity contribution in [2.24, 2.45) is 11.8 Å². The average Bonchev–Trinajstić information content (AvgIpc) is 3.02. The van der Waals surface area contributed by atoms with Crippen LogP contribution in [0.4, 0.5) is 0 Å². The van der Waals surface area contributed by atoms with E-state index >= 15 is 0 Å². The van der Waals surface area contributed by atoms with E-state index in [1.54, 1.807) is 0 Å². The van der Waals surface area contributed by atoms with Crippen LogP contribution in [0, 0.1) is 11.8 Å². The molecule has 4 fully saturated rings. The molecule has 0 aromatic heterocycles. The minimum atomic E-state index is -1.70. The number of ether oxygens (including phenoxy) is 4. The van der Waals surface area contributed by atoms with E-state index in [9.17, 15) is 30.3 Å². The van der Waals surface area contributed by atoms with E-state index in [0.29, 0.717) is 6.42 Å². The lowest BCUT2D eigenvalue weighted by Crippen LogP contribution is -2.67. The van der Waals surface area contributed by atoms with Crippen molar-refractivity contribution in [2.45, 2.75) is 61.4 Å². The molecule has 3 aliphatic heterocycles. The average molecular weight is 376 g/mol. The molecule has 0 bridgehead atoms. The molecule has 0 amide bonds. The van der Waals surface area contributed by atoms with Crippen molar-refractivity contribution >= 4 is 5.97 Å². The Hall–Kier alpha value is -0.850. The van der Waals surface area contributed by atoms with E-state index in [-0.39, 0.29) is 19.1 Å². The van der Waals surface area contributed by atoms with Crippen LogP contribution < -0.4 is 0 Å². The molecule has 148 valence electrons. The summed E-state index contributed by atoms with van der Waals surface area (Å²) in [5.41, 5.74) is -3.03. The molecule has 4 rings (SSSR count). The fraction of sp³-hybridized carbons (Fsp3) is 0.938. The molecule has 3 heterocycles. The topological polar surface area (TPSA) is 155 Å². The minimum absolute atomic E-state index is 0.0335. The summed E-state index contributed by atoms with van der Waals surface area (Å²) in [7, 11) is 0. The van der Waals surface area contributed by atoms with Crippen molar-refractivity contribution in [3.8, 4) is 0 Å². The van der Waals surface area contributed by atoms with Gasteiger partial charge in [0.05, 0.1) is 25.7 Å². The third-order valence-corrected chi connectivity index (χ3v) is 6.28. The summed E-state index contributed by atoms with van der Waals surface area (Å²) in [6.07, 6.45) is -7.62. The molecule has 26 heavy (non-hydrogen) atoms. The first-order chi connectivity index (χ1) is 12.2. The Labute approximate surface area is 149 Å². The van der Waals surface area contributed by atoms with Gasteiger partial charge in [0.2, 0.25) is 5.60 Å². The first-order valence-electron chi connectivity index (χ1n) is 8.74. The van der Waals surface area contributed by atoms with E-state index in [1.165, 1.54) is 0 Å². The molecule has 0 aromatic rings. The number of carbonyl (C=O) groups excluding carboxylic acids is 1. The van der Waals surface area contributed by atoms with Crippen LogP contribution in [-0.2, 0) is 23.7 Å². The molecule has 10 heteroatoms. The first kappa shape index (κ1) is 18.5. The predicted molar refractivity (Wildman–Crippen MR) is 80.5 cm³/mol. The summed E-state index contributed by atoms with van der Waals surface area (Å²) in [4.78, 5) is 12.6. The highest BCUT2D eigenvalue weighted by Gasteiger charge is 2.73. The molecular weight excluding hydrogens is 352 g/mol. The van der Waals surface area contributed by atoms with Crippen molar-refractivity contribution in [2.75, 3.05) is 19.8 Å². The number of hydrogen-bond donors (Lipinski definition) is 5. The number of rotatable bonds is 3. The van der Waals surface area contributed by atoms with Crippen LogP contribution in [0.3, 0.4) is 0 Å². The third-order valence-electron chi connectivity index (χ3n) is 6.28. The largest absolute Gasteiger partial charge is 0.460 e. The van der Waals surface area contributed by atoms with Gasteiger partial charge >= 0.3 is 5.97 Å². The Morgan fingerprint density at radius 3 is 2.62 bits per heavy atom. The Morgan fingerprint density at radius 1 is 1.19 bits per heavy atom. The second-order valence-electron chi connectivity index (χ2n) is 7.75. The number of aliphatic hydroxyl groups excluding tert-OH is 4. The van der Waals surface area contributed by atoms with Gasteiger partial charge < -0.3 is 44.5 Å². The molecule has 0 radical (unpaired) electrons. The van der Waals surface area contributed by atoms with Crippen molar-refractivity contribution in [1.82, 2.24) is 0 Å². The molecule has 3 saturated heterocycles. The van der Waals surface area contributed by atoms with Crippen LogP contribution in [0.25, 0.3) is 0 Å². The third kappa shape index (κ3) is 2.31. The highest BCUT2D eigenvalue weighted by Crippen LogP contribution is 2.56. The molecule has 10 atom stereocenters. The summed E-state index contributed by atoms with van der Waals surface area (Å²) in [6, 6.07) is 0. The van der Waals surface area contributed by atoms with E-state index in [1.807, 2.05) is 6.92 Å². The van der Waals surface area contributed by atoms with Gasteiger partial charge in [-0.05, 0) is 12.3 Å². The molecule has 5 N–H and O–H groups in total. The van der Waals surface area contributed by atoms with Crippen LogP contribution in [0.1, 0.15) is 13.3 Å². The Kier molecular flexibility index (Phi) is 4.33. The van der Waals surface area contributed by atoms with Gasteiger partial charge in [-0.3, -0.25) is 0 Å². The maximum absolute atomic E-state index is 12.6. The predicted octanol–water partition coefficient (Wildman–Crippen LogP) is -3.12. The number of carbonyl (C=O) groups is 1. The fourth-order valence-electron chi connectivity index (χ4n) is 4.78. The normalized spacial score (nSPS) is 56.3. The zero-order valence-electron chi connectivity index (χ0n) is 14.2. The molecule has 4 aliphatic rings. The summed E-state index contributed by atoms with van der Waals surface area (Å²) >= 11 is 0. The summed E-state index contributed by atoms with van der Waals surface area (Å²) in [5.74, 6) is -1.63. The fourth-order valence-corrected chi connectivity index (χ4v) is 4.78. The SMILES string of the molecule is CC1CC2OC(=O)C3(OC4OC(CO)C(O)C(O)C4O)COCC1(O)C23. The summed E-state index contributed by atoms with van der Waals surface area (Å²) in [6.45, 7) is 1.05. The van der Waals surface area contributed by atoms with Gasteiger partial charge in [0.25, 0.3) is 0 Å². The Balaban J connectivity index is 1.65. The van der Waals surface area contributed by atoms with Gasteiger partial charge in [0, 0.05) is 0 Å². The van der Waals surface area contributed by atoms with E-state index in [4.69, 9.17) is 18.9 Å². The monoisotopic (exact) mass is 376 g/mol. The quantitative estimate of drug-likeness (QED) is 0.320. The lowest BCUT2D eigenvalue weighted by atomic mass is 9.74. The van der Waals surface area contributed by atoms with Crippen molar-refractivity contribution < 1.29 is 49.3 Å². The van der Waals surface area contributed by atoms with Gasteiger partial charge in [0.1, 0.15) is 36.1 Å². The van der Waals surface area contributed by atoms with Crippen LogP contribution in [0.15, 0.2) is 0 Å². The van der Waals surface area contributed by atoms with Crippen LogP contribution in [-0.4, -0.2) is 99.3 Å². The van der Waals surface area contributed by atoms with Crippen molar-refractivity contribution in [3.63, 3.8) is 0 Å². The second-order valence-corrected chi connectivity index (χ2v) is 7.75. The standard InChI is InChI=1S/C16H24O10/c1-6-2-7-12-15(6,22)4-23-5-16(12,14(21)25-7)26-13-11(20)10(19)9(18)8(3-17)24-13/h6-13,17-20,22H,2-5H2,1H3. The number of esters is 1. The zero-order chi connectivity index (χ0) is 18.9. The summed E-state index contributed by atoms with van der Waals surface area (Å²) in [5, 5.41) is 50.4. The molecular formula is C16H24O10. The van der Waals surface area contributed by atoms with Gasteiger partial charge in [0.15, 0.2) is 6.29 Å². The number of hydrogen-bond acceptors (Lipinski definition) is 10. The Bertz CT molecular complexity index is 583. The lowest BCUT2D eigenvalue weighted by molar-refractivity contribution is -0.343. The van der Waals surface area contributed by atoms with E-state index in [2.05, 4.69) is 0 Å². The molecule has 1 saturated carbocycles. The highest BCUT2D eigenvalue weighted by molar-refractivity contribution is 5.84. The van der Waals surface area contributed by atoms with Gasteiger partial charge in [-0.15, -0.1) is 0 Å². The highest BCUT2D eigenvalue weighted by atomic mass is 16.7. The first-order valence-corrected chi connectivity index (χ1v) is 8.74.